The first-order chi connectivity index (χ1) is 14.5. The summed E-state index contributed by atoms with van der Waals surface area (Å²) >= 11 is 1.50. The molecule has 30 heavy (non-hydrogen) atoms. The van der Waals surface area contributed by atoms with Gasteiger partial charge in [0.2, 0.25) is 5.91 Å². The molecule has 1 fully saturated rings. The number of hydrogen-bond acceptors (Lipinski definition) is 6. The maximum Gasteiger partial charge on any atom is 0.294 e. The zero-order chi connectivity index (χ0) is 21.1. The smallest absolute Gasteiger partial charge is 0.294 e. The van der Waals surface area contributed by atoms with Crippen molar-refractivity contribution in [3.05, 3.63) is 57.0 Å². The van der Waals surface area contributed by atoms with Crippen LogP contribution >= 0.6 is 11.3 Å². The van der Waals surface area contributed by atoms with Crippen LogP contribution in [0.5, 0.6) is 0 Å². The van der Waals surface area contributed by atoms with E-state index in [0.717, 1.165) is 54.3 Å². The van der Waals surface area contributed by atoms with Gasteiger partial charge in [-0.05, 0) is 31.7 Å². The van der Waals surface area contributed by atoms with Crippen LogP contribution in [0.15, 0.2) is 35.1 Å². The molecular weight excluding hydrogens is 398 g/mol. The van der Waals surface area contributed by atoms with Crippen molar-refractivity contribution in [2.75, 3.05) is 13.1 Å². The molecule has 1 saturated heterocycles. The lowest BCUT2D eigenvalue weighted by molar-refractivity contribution is -0.122. The molecule has 1 aliphatic heterocycles. The Hall–Kier alpha value is -2.58. The van der Waals surface area contributed by atoms with Gasteiger partial charge in [0.15, 0.2) is 5.52 Å². The van der Waals surface area contributed by atoms with E-state index < -0.39 is 0 Å². The number of aryl methyl sites for hydroxylation is 2. The molecule has 2 aromatic heterocycles. The molecule has 1 amide bonds. The van der Waals surface area contributed by atoms with Gasteiger partial charge in [-0.2, -0.15) is 5.10 Å². The number of likely N-dealkylation sites (tertiary alicyclic amines) is 1. The van der Waals surface area contributed by atoms with Crippen molar-refractivity contribution in [1.82, 2.24) is 25.0 Å². The highest BCUT2D eigenvalue weighted by molar-refractivity contribution is 7.18. The van der Waals surface area contributed by atoms with Crippen molar-refractivity contribution in [3.63, 3.8) is 0 Å². The molecule has 3 heterocycles. The standard InChI is InChI=1S/C22H27N5O2S/c1-3-19-24-20-21(30-19)15(2)25-27(22(20)29)14-18(28)23-17-9-11-26(12-10-17)13-16-7-5-4-6-8-16/h4-8,17H,3,9-14H2,1-2H3,(H,23,28). The van der Waals surface area contributed by atoms with Gasteiger partial charge in [-0.1, -0.05) is 37.3 Å². The fourth-order valence-electron chi connectivity index (χ4n) is 3.89. The van der Waals surface area contributed by atoms with Crippen LogP contribution in [-0.2, 0) is 24.3 Å². The van der Waals surface area contributed by atoms with Crippen molar-refractivity contribution in [2.24, 2.45) is 0 Å². The van der Waals surface area contributed by atoms with Gasteiger partial charge in [-0.25, -0.2) is 9.67 Å². The predicted molar refractivity (Wildman–Crippen MR) is 119 cm³/mol. The highest BCUT2D eigenvalue weighted by Crippen LogP contribution is 2.22. The Labute approximate surface area is 179 Å². The van der Waals surface area contributed by atoms with E-state index in [1.807, 2.05) is 19.9 Å². The molecule has 158 valence electrons. The van der Waals surface area contributed by atoms with Gasteiger partial charge < -0.3 is 5.32 Å². The van der Waals surface area contributed by atoms with E-state index in [-0.39, 0.29) is 24.1 Å². The second kappa shape index (κ2) is 9.06. The number of nitrogens with one attached hydrogen (secondary N) is 1. The van der Waals surface area contributed by atoms with E-state index in [4.69, 9.17) is 0 Å². The number of hydrogen-bond donors (Lipinski definition) is 1. The zero-order valence-electron chi connectivity index (χ0n) is 17.4. The average molecular weight is 426 g/mol. The fourth-order valence-corrected chi connectivity index (χ4v) is 4.83. The molecule has 0 bridgehead atoms. The van der Waals surface area contributed by atoms with E-state index in [9.17, 15) is 9.59 Å². The monoisotopic (exact) mass is 425 g/mol. The number of benzene rings is 1. The molecule has 3 aromatic rings. The van der Waals surface area contributed by atoms with Crippen molar-refractivity contribution in [3.8, 4) is 0 Å². The molecule has 4 rings (SSSR count). The normalized spacial score (nSPS) is 15.5. The lowest BCUT2D eigenvalue weighted by atomic mass is 10.0. The first-order valence-corrected chi connectivity index (χ1v) is 11.3. The van der Waals surface area contributed by atoms with Crippen LogP contribution in [0.25, 0.3) is 10.2 Å². The summed E-state index contributed by atoms with van der Waals surface area (Å²) in [7, 11) is 0. The van der Waals surface area contributed by atoms with Gasteiger partial charge in [0.25, 0.3) is 5.56 Å². The maximum atomic E-state index is 12.7. The van der Waals surface area contributed by atoms with Crippen molar-refractivity contribution >= 4 is 27.5 Å². The number of thiazole rings is 1. The van der Waals surface area contributed by atoms with Gasteiger partial charge in [0.1, 0.15) is 6.54 Å². The summed E-state index contributed by atoms with van der Waals surface area (Å²) in [5.41, 5.74) is 2.18. The largest absolute Gasteiger partial charge is 0.352 e. The molecule has 0 unspecified atom stereocenters. The van der Waals surface area contributed by atoms with Crippen molar-refractivity contribution < 1.29 is 4.79 Å². The predicted octanol–water partition coefficient (Wildman–Crippen LogP) is 2.50. The Kier molecular flexibility index (Phi) is 6.24. The van der Waals surface area contributed by atoms with Gasteiger partial charge in [0.05, 0.1) is 15.4 Å². The van der Waals surface area contributed by atoms with E-state index in [2.05, 4.69) is 44.6 Å². The van der Waals surface area contributed by atoms with Crippen LogP contribution < -0.4 is 10.9 Å². The van der Waals surface area contributed by atoms with Crippen LogP contribution in [0.3, 0.4) is 0 Å². The molecule has 7 nitrogen and oxygen atoms in total. The second-order valence-corrected chi connectivity index (χ2v) is 8.87. The summed E-state index contributed by atoms with van der Waals surface area (Å²) in [6.07, 6.45) is 2.59. The summed E-state index contributed by atoms with van der Waals surface area (Å²) in [5, 5.41) is 8.34. The first-order valence-electron chi connectivity index (χ1n) is 10.5. The van der Waals surface area contributed by atoms with E-state index >= 15 is 0 Å². The van der Waals surface area contributed by atoms with Gasteiger partial charge >= 0.3 is 0 Å². The number of piperidine rings is 1. The molecule has 0 atom stereocenters. The third kappa shape index (κ3) is 4.60. The second-order valence-electron chi connectivity index (χ2n) is 7.79. The molecule has 1 N–H and O–H groups in total. The highest BCUT2D eigenvalue weighted by atomic mass is 32.1. The SMILES string of the molecule is CCc1nc2c(=O)n(CC(=O)NC3CCN(Cc4ccccc4)CC3)nc(C)c2s1. The Morgan fingerprint density at radius 3 is 2.67 bits per heavy atom. The molecule has 1 aliphatic rings. The lowest BCUT2D eigenvalue weighted by Crippen LogP contribution is -2.46. The number of carbonyl (C=O) groups is 1. The molecule has 0 spiro atoms. The number of carbonyl (C=O) groups excluding carboxylic acids is 1. The van der Waals surface area contributed by atoms with E-state index in [1.54, 1.807) is 0 Å². The topological polar surface area (TPSA) is 80.1 Å². The highest BCUT2D eigenvalue weighted by Gasteiger charge is 2.22. The number of rotatable bonds is 6. The Balaban J connectivity index is 1.34. The zero-order valence-corrected chi connectivity index (χ0v) is 18.2. The minimum atomic E-state index is -0.292. The maximum absolute atomic E-state index is 12.7. The quantitative estimate of drug-likeness (QED) is 0.656. The summed E-state index contributed by atoms with van der Waals surface area (Å²) in [5.74, 6) is -0.171. The van der Waals surface area contributed by atoms with Crippen LogP contribution in [0.1, 0.15) is 36.0 Å². The summed E-state index contributed by atoms with van der Waals surface area (Å²) in [6, 6.07) is 10.6. The average Bonchev–Trinajstić information content (AvgIpc) is 3.19. The Morgan fingerprint density at radius 1 is 1.23 bits per heavy atom. The molecule has 1 aromatic carbocycles. The van der Waals surface area contributed by atoms with Gasteiger partial charge in [-0.15, -0.1) is 11.3 Å². The minimum Gasteiger partial charge on any atom is -0.352 e. The van der Waals surface area contributed by atoms with Gasteiger partial charge in [0, 0.05) is 25.7 Å². The third-order valence-corrected chi connectivity index (χ3v) is 6.81. The van der Waals surface area contributed by atoms with Gasteiger partial charge in [-0.3, -0.25) is 14.5 Å². The number of nitrogens with zero attached hydrogens (tertiary/aromatic N) is 4. The molecule has 0 saturated carbocycles. The van der Waals surface area contributed by atoms with Crippen LogP contribution in [-0.4, -0.2) is 44.7 Å². The molecule has 0 radical (unpaired) electrons. The first kappa shape index (κ1) is 20.7. The lowest BCUT2D eigenvalue weighted by Gasteiger charge is -2.32. The Morgan fingerprint density at radius 2 is 1.97 bits per heavy atom. The molecule has 8 heteroatoms. The van der Waals surface area contributed by atoms with E-state index in [0.29, 0.717) is 5.52 Å². The van der Waals surface area contributed by atoms with Crippen LogP contribution in [0.2, 0.25) is 0 Å². The van der Waals surface area contributed by atoms with Crippen LogP contribution in [0, 0.1) is 6.92 Å². The summed E-state index contributed by atoms with van der Waals surface area (Å²) in [4.78, 5) is 32.1. The molecular formula is C22H27N5O2S. The summed E-state index contributed by atoms with van der Waals surface area (Å²) < 4.78 is 2.07. The van der Waals surface area contributed by atoms with Crippen molar-refractivity contribution in [2.45, 2.75) is 52.2 Å². The van der Waals surface area contributed by atoms with Crippen molar-refractivity contribution in [1.29, 1.82) is 0 Å². The number of fused-ring (bicyclic) bond motifs is 1. The number of amides is 1. The third-order valence-electron chi connectivity index (χ3n) is 5.51. The molecule has 0 aliphatic carbocycles. The fraction of sp³-hybridized carbons (Fsp3) is 0.455. The van der Waals surface area contributed by atoms with Crippen LogP contribution in [0.4, 0.5) is 0 Å². The summed E-state index contributed by atoms with van der Waals surface area (Å²) in [6.45, 7) is 6.63. The van der Waals surface area contributed by atoms with E-state index in [1.165, 1.54) is 21.6 Å². The minimum absolute atomic E-state index is 0.0706. The number of aromatic nitrogens is 3. The Bertz CT molecular complexity index is 1080.